The predicted molar refractivity (Wildman–Crippen MR) is 121 cm³/mol. The maximum absolute atomic E-state index is 9.55. The van der Waals surface area contributed by atoms with Gasteiger partial charge in [0.1, 0.15) is 11.6 Å². The molecule has 1 aromatic carbocycles. The lowest BCUT2D eigenvalue weighted by Gasteiger charge is -2.09. The molecular weight excluding hydrogens is 426 g/mol. The van der Waals surface area contributed by atoms with Crippen LogP contribution in [0.4, 0.5) is 5.82 Å². The van der Waals surface area contributed by atoms with Crippen molar-refractivity contribution in [1.29, 1.82) is 0 Å². The molecule has 0 amide bonds. The third-order valence-corrected chi connectivity index (χ3v) is 4.29. The van der Waals surface area contributed by atoms with Crippen LogP contribution in [0.3, 0.4) is 0 Å². The van der Waals surface area contributed by atoms with Gasteiger partial charge in [-0.15, -0.1) is 5.10 Å². The molecule has 0 bridgehead atoms. The molecular formula is C23H21N5O5. The average molecular weight is 447 g/mol. The number of imidazole rings is 1. The van der Waals surface area contributed by atoms with E-state index in [0.29, 0.717) is 18.7 Å². The van der Waals surface area contributed by atoms with Crippen LogP contribution < -0.4 is 10.1 Å². The second-order valence-corrected chi connectivity index (χ2v) is 6.52. The van der Waals surface area contributed by atoms with Crippen LogP contribution in [-0.4, -0.2) is 48.8 Å². The van der Waals surface area contributed by atoms with E-state index in [-0.39, 0.29) is 0 Å². The number of anilines is 1. The van der Waals surface area contributed by atoms with Gasteiger partial charge >= 0.3 is 11.9 Å². The molecule has 4 aromatic rings. The van der Waals surface area contributed by atoms with Crippen LogP contribution >= 0.6 is 0 Å². The number of para-hydroxylation sites is 1. The van der Waals surface area contributed by atoms with Crippen LogP contribution in [0.1, 0.15) is 5.69 Å². The number of carbonyl (C=O) groups is 2. The molecule has 0 fully saturated rings. The van der Waals surface area contributed by atoms with Gasteiger partial charge in [-0.25, -0.2) is 19.1 Å². The number of ether oxygens (including phenoxy) is 1. The van der Waals surface area contributed by atoms with Gasteiger partial charge in [-0.05, 0) is 36.4 Å². The maximum Gasteiger partial charge on any atom is 0.328 e. The summed E-state index contributed by atoms with van der Waals surface area (Å²) in [6.45, 7) is 0.609. The number of aromatic nitrogens is 4. The number of hydrogen-bond acceptors (Lipinski definition) is 7. The van der Waals surface area contributed by atoms with Crippen molar-refractivity contribution in [2.24, 2.45) is 0 Å². The Bertz CT molecular complexity index is 1250. The Labute approximate surface area is 188 Å². The first-order chi connectivity index (χ1) is 16.0. The topological polar surface area (TPSA) is 139 Å². The van der Waals surface area contributed by atoms with Gasteiger partial charge < -0.3 is 20.3 Å². The molecule has 0 saturated heterocycles. The molecule has 0 saturated carbocycles. The third-order valence-electron chi connectivity index (χ3n) is 4.29. The van der Waals surface area contributed by atoms with E-state index in [1.165, 1.54) is 0 Å². The summed E-state index contributed by atoms with van der Waals surface area (Å²) in [4.78, 5) is 27.8. The van der Waals surface area contributed by atoms with E-state index in [9.17, 15) is 9.59 Å². The van der Waals surface area contributed by atoms with E-state index in [1.807, 2.05) is 65.3 Å². The van der Waals surface area contributed by atoms with E-state index >= 15 is 0 Å². The smallest absolute Gasteiger partial charge is 0.328 e. The summed E-state index contributed by atoms with van der Waals surface area (Å²) in [7, 11) is 1.66. The Balaban J connectivity index is 0.000000331. The number of carboxylic acid groups (broad SMARTS) is 2. The molecule has 10 nitrogen and oxygen atoms in total. The molecule has 168 valence electrons. The molecule has 33 heavy (non-hydrogen) atoms. The SMILES string of the molecule is COc1ccccc1-c1cnc2ccc(NCc3ccccn3)nn12.O=C(O)C=CC(=O)O. The van der Waals surface area contributed by atoms with Gasteiger partial charge in [0.05, 0.1) is 31.2 Å². The zero-order valence-electron chi connectivity index (χ0n) is 17.6. The normalized spacial score (nSPS) is 10.5. The Morgan fingerprint density at radius 1 is 1.00 bits per heavy atom. The van der Waals surface area contributed by atoms with Gasteiger partial charge in [0, 0.05) is 23.9 Å². The number of carboxylic acids is 2. The second kappa shape index (κ2) is 11.0. The molecule has 10 heteroatoms. The van der Waals surface area contributed by atoms with Crippen molar-refractivity contribution in [2.75, 3.05) is 12.4 Å². The first-order valence-corrected chi connectivity index (χ1v) is 9.74. The minimum atomic E-state index is -1.26. The Morgan fingerprint density at radius 3 is 2.39 bits per heavy atom. The van der Waals surface area contributed by atoms with Crippen LogP contribution in [0.5, 0.6) is 5.75 Å². The highest BCUT2D eigenvalue weighted by molar-refractivity contribution is 5.89. The lowest BCUT2D eigenvalue weighted by atomic mass is 10.1. The highest BCUT2D eigenvalue weighted by Gasteiger charge is 2.12. The van der Waals surface area contributed by atoms with Crippen LogP contribution in [0.25, 0.3) is 16.9 Å². The monoisotopic (exact) mass is 447 g/mol. The third kappa shape index (κ3) is 6.37. The number of hydrogen-bond donors (Lipinski definition) is 3. The molecule has 0 atom stereocenters. The fourth-order valence-electron chi connectivity index (χ4n) is 2.83. The van der Waals surface area contributed by atoms with Crippen molar-refractivity contribution < 1.29 is 24.5 Å². The number of nitrogens with zero attached hydrogens (tertiary/aromatic N) is 4. The average Bonchev–Trinajstić information content (AvgIpc) is 3.25. The number of aliphatic carboxylic acids is 2. The van der Waals surface area contributed by atoms with Crippen molar-refractivity contribution in [3.63, 3.8) is 0 Å². The quantitative estimate of drug-likeness (QED) is 0.365. The molecule has 0 unspecified atom stereocenters. The van der Waals surface area contributed by atoms with Gasteiger partial charge in [-0.2, -0.15) is 0 Å². The predicted octanol–water partition coefficient (Wildman–Crippen LogP) is 3.12. The van der Waals surface area contributed by atoms with Gasteiger partial charge in [0.2, 0.25) is 0 Å². The van der Waals surface area contributed by atoms with E-state index in [0.717, 1.165) is 34.2 Å². The molecule has 0 radical (unpaired) electrons. The standard InChI is InChI=1S/C19H17N5O.C4H4O4/c1-25-17-8-3-2-7-15(17)16-13-22-19-10-9-18(23-24(16)19)21-12-14-6-4-5-11-20-14;5-3(6)1-2-4(7)8/h2-11,13H,12H2,1H3,(H,21,23);1-2H,(H,5,6)(H,7,8). The molecule has 3 N–H and O–H groups in total. The van der Waals surface area contributed by atoms with Crippen molar-refractivity contribution in [2.45, 2.75) is 6.54 Å². The summed E-state index contributed by atoms with van der Waals surface area (Å²) in [5.74, 6) is -0.968. The first-order valence-electron chi connectivity index (χ1n) is 9.74. The van der Waals surface area contributed by atoms with Crippen LogP contribution in [0.2, 0.25) is 0 Å². The largest absolute Gasteiger partial charge is 0.496 e. The van der Waals surface area contributed by atoms with Crippen LogP contribution in [0, 0.1) is 0 Å². The summed E-state index contributed by atoms with van der Waals surface area (Å²) < 4.78 is 7.28. The fourth-order valence-corrected chi connectivity index (χ4v) is 2.83. The maximum atomic E-state index is 9.55. The van der Waals surface area contributed by atoms with Gasteiger partial charge in [0.25, 0.3) is 0 Å². The zero-order chi connectivity index (χ0) is 23.6. The molecule has 0 spiro atoms. The van der Waals surface area contributed by atoms with Crippen LogP contribution in [-0.2, 0) is 16.1 Å². The van der Waals surface area contributed by atoms with E-state index in [4.69, 9.17) is 14.9 Å². The summed E-state index contributed by atoms with van der Waals surface area (Å²) in [5.41, 5.74) is 3.57. The molecule has 3 heterocycles. The van der Waals surface area contributed by atoms with Gasteiger partial charge in [0.15, 0.2) is 5.65 Å². The fraction of sp³-hybridized carbons (Fsp3) is 0.0870. The Kier molecular flexibility index (Phi) is 7.68. The van der Waals surface area contributed by atoms with E-state index < -0.39 is 11.9 Å². The molecule has 0 aliphatic heterocycles. The number of rotatable bonds is 7. The lowest BCUT2D eigenvalue weighted by Crippen LogP contribution is -2.05. The summed E-state index contributed by atoms with van der Waals surface area (Å²) in [6.07, 6.45) is 4.71. The molecule has 3 aromatic heterocycles. The second-order valence-electron chi connectivity index (χ2n) is 6.52. The highest BCUT2D eigenvalue weighted by Crippen LogP contribution is 2.29. The summed E-state index contributed by atoms with van der Waals surface area (Å²) >= 11 is 0. The summed E-state index contributed by atoms with van der Waals surface area (Å²) in [5, 5.41) is 23.6. The minimum absolute atomic E-state index is 0.558. The number of nitrogens with one attached hydrogen (secondary N) is 1. The van der Waals surface area contributed by atoms with Crippen LogP contribution in [0.15, 0.2) is 79.1 Å². The molecule has 0 aliphatic carbocycles. The Morgan fingerprint density at radius 2 is 1.73 bits per heavy atom. The van der Waals surface area contributed by atoms with Crippen molar-refractivity contribution in [3.05, 3.63) is 84.8 Å². The van der Waals surface area contributed by atoms with Crippen molar-refractivity contribution in [3.8, 4) is 17.0 Å². The van der Waals surface area contributed by atoms with Gasteiger partial charge in [-0.1, -0.05) is 18.2 Å². The van der Waals surface area contributed by atoms with Crippen molar-refractivity contribution >= 4 is 23.4 Å². The minimum Gasteiger partial charge on any atom is -0.496 e. The van der Waals surface area contributed by atoms with E-state index in [1.54, 1.807) is 13.3 Å². The number of pyridine rings is 1. The van der Waals surface area contributed by atoms with E-state index in [2.05, 4.69) is 20.4 Å². The first kappa shape index (κ1) is 22.9. The molecule has 4 rings (SSSR count). The van der Waals surface area contributed by atoms with Crippen molar-refractivity contribution in [1.82, 2.24) is 19.6 Å². The Hall–Kier alpha value is -4.73. The lowest BCUT2D eigenvalue weighted by molar-refractivity contribution is -0.134. The molecule has 0 aliphatic rings. The number of fused-ring (bicyclic) bond motifs is 1. The number of methoxy groups -OCH3 is 1. The zero-order valence-corrected chi connectivity index (χ0v) is 17.6. The number of benzene rings is 1. The summed E-state index contributed by atoms with van der Waals surface area (Å²) in [6, 6.07) is 17.5. The highest BCUT2D eigenvalue weighted by atomic mass is 16.5. The van der Waals surface area contributed by atoms with Gasteiger partial charge in [-0.3, -0.25) is 4.98 Å².